The van der Waals surface area contributed by atoms with Crippen LogP contribution in [0.3, 0.4) is 0 Å². The lowest BCUT2D eigenvalue weighted by molar-refractivity contribution is 0.497. The molecular weight excluding hydrogens is 250 g/mol. The first-order valence-electron chi connectivity index (χ1n) is 6.52. The van der Waals surface area contributed by atoms with Gasteiger partial charge < -0.3 is 5.32 Å². The van der Waals surface area contributed by atoms with E-state index in [4.69, 9.17) is 0 Å². The lowest BCUT2D eigenvalue weighted by atomic mass is 10.1. The third-order valence-corrected chi connectivity index (χ3v) is 5.14. The minimum Gasteiger partial charge on any atom is -0.311 e. The van der Waals surface area contributed by atoms with Crippen molar-refractivity contribution >= 4 is 9.84 Å². The van der Waals surface area contributed by atoms with Crippen molar-refractivity contribution in [2.75, 3.05) is 18.1 Å². The van der Waals surface area contributed by atoms with Gasteiger partial charge in [-0.2, -0.15) is 5.10 Å². The van der Waals surface area contributed by atoms with Crippen LogP contribution >= 0.6 is 0 Å². The molecule has 1 aromatic heterocycles. The zero-order valence-corrected chi connectivity index (χ0v) is 11.6. The first-order valence-corrected chi connectivity index (χ1v) is 8.34. The van der Waals surface area contributed by atoms with Crippen LogP contribution in [-0.2, 0) is 22.9 Å². The van der Waals surface area contributed by atoms with Crippen molar-refractivity contribution in [3.8, 4) is 0 Å². The highest BCUT2D eigenvalue weighted by Crippen LogP contribution is 2.17. The Labute approximate surface area is 108 Å². The smallest absolute Gasteiger partial charge is 0.150 e. The molecule has 0 bridgehead atoms. The topological polar surface area (TPSA) is 64.0 Å². The summed E-state index contributed by atoms with van der Waals surface area (Å²) in [4.78, 5) is 0. The Morgan fingerprint density at radius 1 is 1.56 bits per heavy atom. The van der Waals surface area contributed by atoms with E-state index in [1.54, 1.807) is 0 Å². The van der Waals surface area contributed by atoms with Gasteiger partial charge >= 0.3 is 0 Å². The number of nitrogens with one attached hydrogen (secondary N) is 1. The van der Waals surface area contributed by atoms with E-state index in [1.807, 2.05) is 16.9 Å². The molecule has 0 saturated carbocycles. The zero-order chi connectivity index (χ0) is 13.0. The van der Waals surface area contributed by atoms with Crippen molar-refractivity contribution in [1.82, 2.24) is 15.1 Å². The molecule has 1 N–H and O–H groups in total. The standard InChI is InChI=1S/C12H21N3O2S/c1-2-6-15-12(3-5-14-15)9-13-8-11-4-7-18(16,17)10-11/h3,5,11,13H,2,4,6-10H2,1H3. The summed E-state index contributed by atoms with van der Waals surface area (Å²) in [5.41, 5.74) is 1.16. The summed E-state index contributed by atoms with van der Waals surface area (Å²) in [6.45, 7) is 4.59. The molecule has 1 fully saturated rings. The molecule has 2 rings (SSSR count). The molecule has 1 unspecified atom stereocenters. The molecule has 18 heavy (non-hydrogen) atoms. The lowest BCUT2D eigenvalue weighted by Gasteiger charge is -2.10. The number of nitrogens with zero attached hydrogens (tertiary/aromatic N) is 2. The second-order valence-corrected chi connectivity index (χ2v) is 7.17. The number of sulfone groups is 1. The van der Waals surface area contributed by atoms with Gasteiger partial charge in [0.2, 0.25) is 0 Å². The minimum absolute atomic E-state index is 0.276. The molecule has 0 spiro atoms. The molecule has 102 valence electrons. The van der Waals surface area contributed by atoms with Gasteiger partial charge in [-0.25, -0.2) is 8.42 Å². The van der Waals surface area contributed by atoms with E-state index in [2.05, 4.69) is 17.3 Å². The normalized spacial score (nSPS) is 22.4. The highest BCUT2D eigenvalue weighted by atomic mass is 32.2. The number of aromatic nitrogens is 2. The van der Waals surface area contributed by atoms with Crippen LogP contribution < -0.4 is 5.32 Å². The Kier molecular flexibility index (Phi) is 4.40. The maximum absolute atomic E-state index is 11.3. The average Bonchev–Trinajstić information content (AvgIpc) is 2.87. The van der Waals surface area contributed by atoms with Gasteiger partial charge in [-0.3, -0.25) is 4.68 Å². The van der Waals surface area contributed by atoms with E-state index in [1.165, 1.54) is 0 Å². The fourth-order valence-corrected chi connectivity index (χ4v) is 4.22. The highest BCUT2D eigenvalue weighted by molar-refractivity contribution is 7.91. The maximum Gasteiger partial charge on any atom is 0.150 e. The van der Waals surface area contributed by atoms with Gasteiger partial charge in [0.25, 0.3) is 0 Å². The predicted molar refractivity (Wildman–Crippen MR) is 71.0 cm³/mol. The number of hydrogen-bond donors (Lipinski definition) is 1. The zero-order valence-electron chi connectivity index (χ0n) is 10.8. The van der Waals surface area contributed by atoms with Gasteiger partial charge in [0.05, 0.1) is 17.2 Å². The van der Waals surface area contributed by atoms with Crippen LogP contribution in [0.4, 0.5) is 0 Å². The number of aryl methyl sites for hydroxylation is 1. The van der Waals surface area contributed by atoms with E-state index in [9.17, 15) is 8.42 Å². The van der Waals surface area contributed by atoms with Crippen LogP contribution in [0.25, 0.3) is 0 Å². The van der Waals surface area contributed by atoms with Gasteiger partial charge in [-0.15, -0.1) is 0 Å². The Morgan fingerprint density at radius 3 is 3.06 bits per heavy atom. The summed E-state index contributed by atoms with van der Waals surface area (Å²) in [5.74, 6) is 0.971. The summed E-state index contributed by atoms with van der Waals surface area (Å²) < 4.78 is 24.7. The number of rotatable bonds is 6. The fourth-order valence-electron chi connectivity index (χ4n) is 2.36. The van der Waals surface area contributed by atoms with Crippen molar-refractivity contribution in [3.63, 3.8) is 0 Å². The van der Waals surface area contributed by atoms with Gasteiger partial charge in [0.1, 0.15) is 0 Å². The number of hydrogen-bond acceptors (Lipinski definition) is 4. The van der Waals surface area contributed by atoms with Crippen molar-refractivity contribution in [2.24, 2.45) is 5.92 Å². The second-order valence-electron chi connectivity index (χ2n) is 4.95. The third-order valence-electron chi connectivity index (χ3n) is 3.31. The van der Waals surface area contributed by atoms with Crippen LogP contribution in [-0.4, -0.2) is 36.2 Å². The van der Waals surface area contributed by atoms with Crippen LogP contribution in [0.1, 0.15) is 25.5 Å². The quantitative estimate of drug-likeness (QED) is 0.832. The summed E-state index contributed by atoms with van der Waals surface area (Å²) >= 11 is 0. The Hall–Kier alpha value is -0.880. The fraction of sp³-hybridized carbons (Fsp3) is 0.750. The van der Waals surface area contributed by atoms with Crippen LogP contribution in [0.15, 0.2) is 12.3 Å². The molecule has 0 aliphatic carbocycles. The molecule has 1 aliphatic rings. The highest BCUT2D eigenvalue weighted by Gasteiger charge is 2.27. The molecule has 2 heterocycles. The van der Waals surface area contributed by atoms with Crippen molar-refractivity contribution in [3.05, 3.63) is 18.0 Å². The molecular formula is C12H21N3O2S. The predicted octanol–water partition coefficient (Wildman–Crippen LogP) is 0.817. The van der Waals surface area contributed by atoms with E-state index in [0.717, 1.165) is 38.2 Å². The van der Waals surface area contributed by atoms with Crippen LogP contribution in [0, 0.1) is 5.92 Å². The Bertz CT molecular complexity index is 481. The van der Waals surface area contributed by atoms with Gasteiger partial charge in [-0.1, -0.05) is 6.92 Å². The largest absolute Gasteiger partial charge is 0.311 e. The summed E-state index contributed by atoms with van der Waals surface area (Å²) in [5, 5.41) is 7.60. The molecule has 6 heteroatoms. The van der Waals surface area contributed by atoms with Crippen molar-refractivity contribution < 1.29 is 8.42 Å². The SMILES string of the molecule is CCCn1nccc1CNCC1CCS(=O)(=O)C1. The summed E-state index contributed by atoms with van der Waals surface area (Å²) in [6, 6.07) is 2.01. The molecule has 1 aromatic rings. The minimum atomic E-state index is -2.75. The molecule has 0 radical (unpaired) electrons. The van der Waals surface area contributed by atoms with Crippen LogP contribution in [0.2, 0.25) is 0 Å². The lowest BCUT2D eigenvalue weighted by Crippen LogP contribution is -2.24. The summed E-state index contributed by atoms with van der Waals surface area (Å²) in [7, 11) is -2.75. The first-order chi connectivity index (χ1) is 8.61. The molecule has 0 aromatic carbocycles. The summed E-state index contributed by atoms with van der Waals surface area (Å²) in [6.07, 6.45) is 3.67. The van der Waals surface area contributed by atoms with Crippen molar-refractivity contribution in [2.45, 2.75) is 32.9 Å². The molecule has 1 aliphatic heterocycles. The van der Waals surface area contributed by atoms with Gasteiger partial charge in [0.15, 0.2) is 9.84 Å². The Balaban J connectivity index is 1.77. The molecule has 1 saturated heterocycles. The van der Waals surface area contributed by atoms with E-state index < -0.39 is 9.84 Å². The van der Waals surface area contributed by atoms with E-state index >= 15 is 0 Å². The maximum atomic E-state index is 11.3. The second kappa shape index (κ2) is 5.84. The average molecular weight is 271 g/mol. The third kappa shape index (κ3) is 3.55. The van der Waals surface area contributed by atoms with Crippen molar-refractivity contribution in [1.29, 1.82) is 0 Å². The molecule has 5 nitrogen and oxygen atoms in total. The molecule has 1 atom stereocenters. The van der Waals surface area contributed by atoms with E-state index in [-0.39, 0.29) is 5.92 Å². The van der Waals surface area contributed by atoms with Gasteiger partial charge in [0, 0.05) is 19.3 Å². The monoisotopic (exact) mass is 271 g/mol. The van der Waals surface area contributed by atoms with Crippen LogP contribution in [0.5, 0.6) is 0 Å². The first kappa shape index (κ1) is 13.5. The van der Waals surface area contributed by atoms with E-state index in [0.29, 0.717) is 11.5 Å². The Morgan fingerprint density at radius 2 is 2.39 bits per heavy atom. The molecule has 0 amide bonds. The van der Waals surface area contributed by atoms with Gasteiger partial charge in [-0.05, 0) is 31.4 Å².